The Morgan fingerprint density at radius 1 is 1.19 bits per heavy atom. The Kier molecular flexibility index (Phi) is 4.93. The van der Waals surface area contributed by atoms with Crippen molar-refractivity contribution in [2.45, 2.75) is 25.9 Å². The Labute approximate surface area is 151 Å². The van der Waals surface area contributed by atoms with Crippen LogP contribution in [0.4, 0.5) is 13.2 Å². The largest absolute Gasteiger partial charge is 0.435 e. The molecule has 0 aliphatic rings. The normalized spacial score (nSPS) is 11.6. The summed E-state index contributed by atoms with van der Waals surface area (Å²) >= 11 is 0. The number of nitrogens with one attached hydrogen (secondary N) is 1. The smallest absolute Gasteiger partial charge is 0.273 e. The summed E-state index contributed by atoms with van der Waals surface area (Å²) in [5, 5.41) is -0.269. The quantitative estimate of drug-likeness (QED) is 0.760. The van der Waals surface area contributed by atoms with Crippen LogP contribution < -0.4 is 11.0 Å². The molecule has 0 atom stereocenters. The number of nitrogens with zero attached hydrogens (tertiary/aromatic N) is 3. The molecule has 140 valence electrons. The van der Waals surface area contributed by atoms with Crippen molar-refractivity contribution in [1.29, 1.82) is 0 Å². The highest BCUT2D eigenvalue weighted by Crippen LogP contribution is 2.31. The molecule has 0 radical (unpaired) electrons. The van der Waals surface area contributed by atoms with Crippen molar-refractivity contribution in [3.63, 3.8) is 0 Å². The van der Waals surface area contributed by atoms with E-state index in [4.69, 9.17) is 0 Å². The molecule has 0 fully saturated rings. The molecule has 0 unspecified atom stereocenters. The second kappa shape index (κ2) is 7.18. The maximum atomic E-state index is 13.2. The third-order valence-electron chi connectivity index (χ3n) is 3.89. The summed E-state index contributed by atoms with van der Waals surface area (Å²) in [6.45, 7) is 1.62. The molecule has 0 saturated carbocycles. The molecule has 2 aromatic heterocycles. The SMILES string of the molecule is CCc1nc2c(C(F)(F)F)nccc2c(=O)n1NC(=O)Cc1ccccc1. The van der Waals surface area contributed by atoms with Gasteiger partial charge in [0.1, 0.15) is 11.3 Å². The number of carbonyl (C=O) groups excluding carboxylic acids is 1. The molecule has 0 aliphatic heterocycles. The number of hydrogen-bond acceptors (Lipinski definition) is 4. The minimum Gasteiger partial charge on any atom is -0.273 e. The summed E-state index contributed by atoms with van der Waals surface area (Å²) in [4.78, 5) is 32.2. The first-order valence-corrected chi connectivity index (χ1v) is 8.13. The summed E-state index contributed by atoms with van der Waals surface area (Å²) in [6.07, 6.45) is -3.69. The topological polar surface area (TPSA) is 76.9 Å². The van der Waals surface area contributed by atoms with Crippen molar-refractivity contribution in [3.05, 3.63) is 70.0 Å². The lowest BCUT2D eigenvalue weighted by molar-refractivity contribution is -0.140. The van der Waals surface area contributed by atoms with Crippen LogP contribution in [0.25, 0.3) is 10.9 Å². The van der Waals surface area contributed by atoms with Gasteiger partial charge in [-0.25, -0.2) is 14.6 Å². The van der Waals surface area contributed by atoms with Gasteiger partial charge in [0.15, 0.2) is 5.69 Å². The van der Waals surface area contributed by atoms with Gasteiger partial charge in [-0.15, -0.1) is 0 Å². The van der Waals surface area contributed by atoms with Crippen molar-refractivity contribution in [1.82, 2.24) is 14.6 Å². The number of carbonyl (C=O) groups is 1. The number of pyridine rings is 1. The zero-order valence-corrected chi connectivity index (χ0v) is 14.2. The van der Waals surface area contributed by atoms with E-state index in [1.54, 1.807) is 37.3 Å². The second-order valence-electron chi connectivity index (χ2n) is 5.77. The number of aromatic nitrogens is 3. The molecule has 3 aromatic rings. The molecule has 1 amide bonds. The van der Waals surface area contributed by atoms with Crippen molar-refractivity contribution in [3.8, 4) is 0 Å². The molecular weight excluding hydrogens is 361 g/mol. The maximum absolute atomic E-state index is 13.2. The van der Waals surface area contributed by atoms with Crippen LogP contribution in [0.1, 0.15) is 24.0 Å². The minimum atomic E-state index is -4.74. The monoisotopic (exact) mass is 376 g/mol. The summed E-state index contributed by atoms with van der Waals surface area (Å²) < 4.78 is 40.4. The van der Waals surface area contributed by atoms with Gasteiger partial charge in [-0.3, -0.25) is 15.0 Å². The van der Waals surface area contributed by atoms with Crippen LogP contribution in [0.5, 0.6) is 0 Å². The van der Waals surface area contributed by atoms with Gasteiger partial charge < -0.3 is 0 Å². The number of halogens is 3. The molecular formula is C18H15F3N4O2. The lowest BCUT2D eigenvalue weighted by atomic mass is 10.1. The van der Waals surface area contributed by atoms with Crippen molar-refractivity contribution < 1.29 is 18.0 Å². The fourth-order valence-corrected chi connectivity index (χ4v) is 2.66. The van der Waals surface area contributed by atoms with Crippen LogP contribution in [-0.2, 0) is 23.8 Å². The van der Waals surface area contributed by atoms with E-state index in [0.717, 1.165) is 22.5 Å². The Morgan fingerprint density at radius 3 is 2.52 bits per heavy atom. The Bertz CT molecular complexity index is 1050. The molecule has 27 heavy (non-hydrogen) atoms. The first-order chi connectivity index (χ1) is 12.8. The molecule has 2 heterocycles. The van der Waals surface area contributed by atoms with E-state index in [-0.39, 0.29) is 24.1 Å². The molecule has 0 bridgehead atoms. The predicted molar refractivity (Wildman–Crippen MR) is 92.7 cm³/mol. The van der Waals surface area contributed by atoms with E-state index in [1.165, 1.54) is 0 Å². The first kappa shape index (κ1) is 18.6. The highest BCUT2D eigenvalue weighted by atomic mass is 19.4. The lowest BCUT2D eigenvalue weighted by Crippen LogP contribution is -2.37. The van der Waals surface area contributed by atoms with Crippen LogP contribution in [0, 0.1) is 0 Å². The first-order valence-electron chi connectivity index (χ1n) is 8.13. The van der Waals surface area contributed by atoms with Gasteiger partial charge in [0.2, 0.25) is 5.91 Å². The van der Waals surface area contributed by atoms with Gasteiger partial charge in [-0.1, -0.05) is 37.3 Å². The van der Waals surface area contributed by atoms with Gasteiger partial charge in [-0.05, 0) is 11.6 Å². The highest BCUT2D eigenvalue weighted by Gasteiger charge is 2.36. The van der Waals surface area contributed by atoms with Crippen molar-refractivity contribution in [2.24, 2.45) is 0 Å². The summed E-state index contributed by atoms with van der Waals surface area (Å²) in [7, 11) is 0. The van der Waals surface area contributed by atoms with Crippen LogP contribution in [0.15, 0.2) is 47.4 Å². The van der Waals surface area contributed by atoms with Gasteiger partial charge in [0.05, 0.1) is 11.8 Å². The minimum absolute atomic E-state index is 0.00686. The van der Waals surface area contributed by atoms with E-state index in [9.17, 15) is 22.8 Å². The fourth-order valence-electron chi connectivity index (χ4n) is 2.66. The highest BCUT2D eigenvalue weighted by molar-refractivity contribution is 5.86. The molecule has 1 aromatic carbocycles. The van der Waals surface area contributed by atoms with Crippen LogP contribution in [0.3, 0.4) is 0 Å². The van der Waals surface area contributed by atoms with Gasteiger partial charge in [0.25, 0.3) is 5.56 Å². The van der Waals surface area contributed by atoms with Crippen molar-refractivity contribution in [2.75, 3.05) is 5.43 Å². The lowest BCUT2D eigenvalue weighted by Gasteiger charge is -2.15. The average Bonchev–Trinajstić information content (AvgIpc) is 2.63. The number of aryl methyl sites for hydroxylation is 1. The van der Waals surface area contributed by atoms with E-state index in [0.29, 0.717) is 0 Å². The number of hydrogen-bond donors (Lipinski definition) is 1. The Balaban J connectivity index is 2.04. The molecule has 1 N–H and O–H groups in total. The number of alkyl halides is 3. The van der Waals surface area contributed by atoms with E-state index in [1.807, 2.05) is 0 Å². The van der Waals surface area contributed by atoms with Gasteiger partial charge in [0, 0.05) is 12.6 Å². The van der Waals surface area contributed by atoms with Crippen LogP contribution in [-0.4, -0.2) is 20.6 Å². The fraction of sp³-hybridized carbons (Fsp3) is 0.222. The van der Waals surface area contributed by atoms with Crippen LogP contribution in [0.2, 0.25) is 0 Å². The average molecular weight is 376 g/mol. The number of amides is 1. The third kappa shape index (κ3) is 3.81. The number of benzene rings is 1. The zero-order valence-electron chi connectivity index (χ0n) is 14.2. The number of fused-ring (bicyclic) bond motifs is 1. The predicted octanol–water partition coefficient (Wildman–Crippen LogP) is 2.69. The summed E-state index contributed by atoms with van der Waals surface area (Å²) in [5.74, 6) is -0.475. The molecule has 0 saturated heterocycles. The van der Waals surface area contributed by atoms with Crippen LogP contribution >= 0.6 is 0 Å². The van der Waals surface area contributed by atoms with E-state index in [2.05, 4.69) is 15.4 Å². The molecule has 0 aliphatic carbocycles. The molecule has 9 heteroatoms. The molecule has 3 rings (SSSR count). The third-order valence-corrected chi connectivity index (χ3v) is 3.89. The van der Waals surface area contributed by atoms with Crippen molar-refractivity contribution >= 4 is 16.8 Å². The maximum Gasteiger partial charge on any atom is 0.435 e. The molecule has 0 spiro atoms. The summed E-state index contributed by atoms with van der Waals surface area (Å²) in [5.41, 5.74) is 0.624. The Hall–Kier alpha value is -3.23. The molecule has 6 nitrogen and oxygen atoms in total. The van der Waals surface area contributed by atoms with Gasteiger partial charge >= 0.3 is 6.18 Å². The standard InChI is InChI=1S/C18H15F3N4O2/c1-2-13-23-15-12(8-9-22-16(15)18(19,20)21)17(27)25(13)24-14(26)10-11-6-4-3-5-7-11/h3-9H,2,10H2,1H3,(H,24,26). The zero-order chi connectivity index (χ0) is 19.6. The van der Waals surface area contributed by atoms with E-state index < -0.39 is 28.9 Å². The van der Waals surface area contributed by atoms with Gasteiger partial charge in [-0.2, -0.15) is 13.2 Å². The number of rotatable bonds is 4. The second-order valence-corrected chi connectivity index (χ2v) is 5.77. The van der Waals surface area contributed by atoms with E-state index >= 15 is 0 Å². The summed E-state index contributed by atoms with van der Waals surface area (Å²) in [6, 6.07) is 10.0. The Morgan fingerprint density at radius 2 is 1.89 bits per heavy atom.